The van der Waals surface area contributed by atoms with Crippen molar-refractivity contribution < 1.29 is 19.1 Å². The number of hydrogen-bond acceptors (Lipinski definition) is 4. The van der Waals surface area contributed by atoms with Gasteiger partial charge in [-0.05, 0) is 67.8 Å². The number of benzene rings is 2. The third kappa shape index (κ3) is 4.05. The second-order valence-electron chi connectivity index (χ2n) is 6.35. The summed E-state index contributed by atoms with van der Waals surface area (Å²) in [5.41, 5.74) is 8.42. The number of rotatable bonds is 6. The van der Waals surface area contributed by atoms with E-state index in [1.807, 2.05) is 26.0 Å². The molecule has 2 N–H and O–H groups in total. The van der Waals surface area contributed by atoms with Crippen molar-refractivity contribution in [3.8, 4) is 11.5 Å². The van der Waals surface area contributed by atoms with Gasteiger partial charge in [-0.1, -0.05) is 0 Å². The Morgan fingerprint density at radius 1 is 0.963 bits per heavy atom. The summed E-state index contributed by atoms with van der Waals surface area (Å²) in [6.07, 6.45) is 0.757. The van der Waals surface area contributed by atoms with Crippen LogP contribution in [0.1, 0.15) is 45.7 Å². The predicted molar refractivity (Wildman–Crippen MR) is 102 cm³/mol. The van der Waals surface area contributed by atoms with E-state index in [1.54, 1.807) is 29.2 Å². The van der Waals surface area contributed by atoms with Crippen molar-refractivity contribution in [2.24, 2.45) is 5.73 Å². The number of amides is 2. The molecule has 0 atom stereocenters. The van der Waals surface area contributed by atoms with Crippen LogP contribution < -0.4 is 15.2 Å². The van der Waals surface area contributed by atoms with E-state index in [9.17, 15) is 9.59 Å². The van der Waals surface area contributed by atoms with Gasteiger partial charge in [-0.15, -0.1) is 0 Å². The quantitative estimate of drug-likeness (QED) is 0.850. The van der Waals surface area contributed by atoms with E-state index < -0.39 is 5.91 Å². The van der Waals surface area contributed by atoms with Crippen LogP contribution in [0.4, 0.5) is 0 Å². The zero-order valence-electron chi connectivity index (χ0n) is 15.7. The SMILES string of the molecule is CCOc1cc2c(cc1OCC)CN(C(=O)c1ccc(C(N)=O)cc1)CC2. The first-order valence-electron chi connectivity index (χ1n) is 9.14. The van der Waals surface area contributed by atoms with Gasteiger partial charge in [0.25, 0.3) is 5.91 Å². The van der Waals surface area contributed by atoms with Crippen molar-refractivity contribution in [2.75, 3.05) is 19.8 Å². The number of ether oxygens (including phenoxy) is 2. The average molecular weight is 368 g/mol. The molecule has 1 aliphatic heterocycles. The Balaban J connectivity index is 1.81. The first kappa shape index (κ1) is 18.8. The maximum atomic E-state index is 12.8. The number of nitrogens with two attached hydrogens (primary N) is 1. The molecule has 6 heteroatoms. The molecule has 1 heterocycles. The van der Waals surface area contributed by atoms with Gasteiger partial charge in [-0.3, -0.25) is 9.59 Å². The van der Waals surface area contributed by atoms with Crippen molar-refractivity contribution in [3.05, 3.63) is 58.7 Å². The summed E-state index contributed by atoms with van der Waals surface area (Å²) in [6, 6.07) is 10.4. The number of carbonyl (C=O) groups is 2. The summed E-state index contributed by atoms with van der Waals surface area (Å²) in [7, 11) is 0. The molecular formula is C21H24N2O4. The van der Waals surface area contributed by atoms with E-state index in [-0.39, 0.29) is 5.91 Å². The summed E-state index contributed by atoms with van der Waals surface area (Å²) in [6.45, 7) is 6.14. The van der Waals surface area contributed by atoms with Gasteiger partial charge < -0.3 is 20.1 Å². The highest BCUT2D eigenvalue weighted by Gasteiger charge is 2.24. The van der Waals surface area contributed by atoms with Crippen LogP contribution in [0, 0.1) is 0 Å². The van der Waals surface area contributed by atoms with Crippen molar-refractivity contribution >= 4 is 11.8 Å². The molecule has 0 saturated carbocycles. The van der Waals surface area contributed by atoms with Gasteiger partial charge >= 0.3 is 0 Å². The molecule has 0 saturated heterocycles. The smallest absolute Gasteiger partial charge is 0.254 e. The highest BCUT2D eigenvalue weighted by molar-refractivity contribution is 5.97. The largest absolute Gasteiger partial charge is 0.490 e. The molecule has 6 nitrogen and oxygen atoms in total. The second-order valence-corrected chi connectivity index (χ2v) is 6.35. The summed E-state index contributed by atoms with van der Waals surface area (Å²) >= 11 is 0. The Bertz CT molecular complexity index is 846. The monoisotopic (exact) mass is 368 g/mol. The molecule has 0 aliphatic carbocycles. The molecule has 27 heavy (non-hydrogen) atoms. The maximum Gasteiger partial charge on any atom is 0.254 e. The van der Waals surface area contributed by atoms with Crippen LogP contribution in [0.25, 0.3) is 0 Å². The molecule has 142 valence electrons. The molecule has 2 aromatic carbocycles. The predicted octanol–water partition coefficient (Wildman–Crippen LogP) is 2.78. The zero-order valence-corrected chi connectivity index (χ0v) is 15.7. The Morgan fingerprint density at radius 3 is 2.07 bits per heavy atom. The molecule has 0 radical (unpaired) electrons. The van der Waals surface area contributed by atoms with E-state index in [4.69, 9.17) is 15.2 Å². The lowest BCUT2D eigenvalue weighted by atomic mass is 9.98. The molecule has 0 aromatic heterocycles. The lowest BCUT2D eigenvalue weighted by Gasteiger charge is -2.30. The fourth-order valence-corrected chi connectivity index (χ4v) is 3.23. The van der Waals surface area contributed by atoms with Gasteiger partial charge in [0, 0.05) is 24.2 Å². The Labute approximate surface area is 158 Å². The normalized spacial score (nSPS) is 13.0. The van der Waals surface area contributed by atoms with Crippen LogP contribution >= 0.6 is 0 Å². The number of hydrogen-bond donors (Lipinski definition) is 1. The minimum Gasteiger partial charge on any atom is -0.490 e. The third-order valence-corrected chi connectivity index (χ3v) is 4.58. The average Bonchev–Trinajstić information content (AvgIpc) is 2.68. The van der Waals surface area contributed by atoms with Crippen molar-refractivity contribution in [1.29, 1.82) is 0 Å². The third-order valence-electron chi connectivity index (χ3n) is 4.58. The summed E-state index contributed by atoms with van der Waals surface area (Å²) in [4.78, 5) is 25.8. The number of nitrogens with zero attached hydrogens (tertiary/aromatic N) is 1. The molecule has 0 unspecified atom stereocenters. The van der Waals surface area contributed by atoms with Gasteiger partial charge in [-0.25, -0.2) is 0 Å². The van der Waals surface area contributed by atoms with Crippen molar-refractivity contribution in [3.63, 3.8) is 0 Å². The van der Waals surface area contributed by atoms with Crippen LogP contribution in [-0.2, 0) is 13.0 Å². The van der Waals surface area contributed by atoms with Gasteiger partial charge in [0.05, 0.1) is 13.2 Å². The number of primary amides is 1. The van der Waals surface area contributed by atoms with E-state index in [0.717, 1.165) is 17.7 Å². The van der Waals surface area contributed by atoms with Crippen LogP contribution in [0.15, 0.2) is 36.4 Å². The molecule has 2 amide bonds. The van der Waals surface area contributed by atoms with Crippen LogP contribution in [-0.4, -0.2) is 36.5 Å². The summed E-state index contributed by atoms with van der Waals surface area (Å²) < 4.78 is 11.4. The van der Waals surface area contributed by atoms with E-state index in [0.29, 0.717) is 43.2 Å². The Morgan fingerprint density at radius 2 is 1.52 bits per heavy atom. The molecule has 0 spiro atoms. The lowest BCUT2D eigenvalue weighted by Crippen LogP contribution is -2.36. The Hall–Kier alpha value is -3.02. The highest BCUT2D eigenvalue weighted by Crippen LogP contribution is 2.34. The minimum absolute atomic E-state index is 0.0662. The van der Waals surface area contributed by atoms with Crippen LogP contribution in [0.2, 0.25) is 0 Å². The van der Waals surface area contributed by atoms with Crippen molar-refractivity contribution in [2.45, 2.75) is 26.8 Å². The number of carbonyl (C=O) groups excluding carboxylic acids is 2. The first-order valence-corrected chi connectivity index (χ1v) is 9.14. The molecule has 3 rings (SSSR count). The number of fused-ring (bicyclic) bond motifs is 1. The fraction of sp³-hybridized carbons (Fsp3) is 0.333. The standard InChI is InChI=1S/C21H24N2O4/c1-3-26-18-11-16-9-10-23(13-17(16)12-19(18)27-4-2)21(25)15-7-5-14(6-8-15)20(22)24/h5-8,11-12H,3-4,9-10,13H2,1-2H3,(H2,22,24). The van der Waals surface area contributed by atoms with Gasteiger partial charge in [0.2, 0.25) is 5.91 Å². The first-order chi connectivity index (χ1) is 13.0. The molecular weight excluding hydrogens is 344 g/mol. The lowest BCUT2D eigenvalue weighted by molar-refractivity contribution is 0.0734. The molecule has 0 bridgehead atoms. The second kappa shape index (κ2) is 8.12. The van der Waals surface area contributed by atoms with Crippen LogP contribution in [0.5, 0.6) is 11.5 Å². The Kier molecular flexibility index (Phi) is 5.64. The topological polar surface area (TPSA) is 81.9 Å². The molecule has 2 aromatic rings. The fourth-order valence-electron chi connectivity index (χ4n) is 3.23. The minimum atomic E-state index is -0.505. The maximum absolute atomic E-state index is 12.8. The summed E-state index contributed by atoms with van der Waals surface area (Å²) in [5.74, 6) is 0.885. The van der Waals surface area contributed by atoms with E-state index >= 15 is 0 Å². The summed E-state index contributed by atoms with van der Waals surface area (Å²) in [5, 5.41) is 0. The molecule has 0 fully saturated rings. The zero-order chi connectivity index (χ0) is 19.4. The van der Waals surface area contributed by atoms with E-state index in [2.05, 4.69) is 0 Å². The van der Waals surface area contributed by atoms with Gasteiger partial charge in [0.1, 0.15) is 0 Å². The van der Waals surface area contributed by atoms with Gasteiger partial charge in [-0.2, -0.15) is 0 Å². The van der Waals surface area contributed by atoms with Gasteiger partial charge in [0.15, 0.2) is 11.5 Å². The van der Waals surface area contributed by atoms with Crippen molar-refractivity contribution in [1.82, 2.24) is 4.90 Å². The highest BCUT2D eigenvalue weighted by atomic mass is 16.5. The molecule has 1 aliphatic rings. The van der Waals surface area contributed by atoms with Crippen LogP contribution in [0.3, 0.4) is 0 Å². The van der Waals surface area contributed by atoms with E-state index in [1.165, 1.54) is 5.56 Å².